The first kappa shape index (κ1) is 8.38. The monoisotopic (exact) mass is 180 g/mol. The van der Waals surface area contributed by atoms with Gasteiger partial charge in [-0.3, -0.25) is 0 Å². The van der Waals surface area contributed by atoms with E-state index >= 15 is 0 Å². The first-order valence-electron chi connectivity index (χ1n) is 4.38. The van der Waals surface area contributed by atoms with Gasteiger partial charge in [-0.2, -0.15) is 0 Å². The van der Waals surface area contributed by atoms with Crippen LogP contribution in [0.2, 0.25) is 0 Å². The highest BCUT2D eigenvalue weighted by Gasteiger charge is 2.16. The highest BCUT2D eigenvalue weighted by molar-refractivity contribution is 5.31. The SMILES string of the molecule is Oc1cccc(O[C@H]2CCOC2)c1. The molecule has 1 saturated heterocycles. The number of hydrogen-bond donors (Lipinski definition) is 1. The maximum Gasteiger partial charge on any atom is 0.124 e. The lowest BCUT2D eigenvalue weighted by Crippen LogP contribution is -2.15. The van der Waals surface area contributed by atoms with Crippen molar-refractivity contribution in [3.8, 4) is 11.5 Å². The van der Waals surface area contributed by atoms with Gasteiger partial charge in [-0.15, -0.1) is 0 Å². The molecule has 0 saturated carbocycles. The summed E-state index contributed by atoms with van der Waals surface area (Å²) in [5, 5.41) is 9.18. The van der Waals surface area contributed by atoms with Gasteiger partial charge in [-0.05, 0) is 12.1 Å². The van der Waals surface area contributed by atoms with E-state index in [1.165, 1.54) is 0 Å². The molecule has 70 valence electrons. The Hall–Kier alpha value is -1.22. The molecule has 1 aliphatic rings. The van der Waals surface area contributed by atoms with Crippen LogP contribution in [-0.4, -0.2) is 24.4 Å². The van der Waals surface area contributed by atoms with Crippen molar-refractivity contribution in [2.45, 2.75) is 12.5 Å². The van der Waals surface area contributed by atoms with Crippen LogP contribution < -0.4 is 4.74 Å². The van der Waals surface area contributed by atoms with E-state index in [1.54, 1.807) is 18.2 Å². The van der Waals surface area contributed by atoms with Crippen LogP contribution in [0.4, 0.5) is 0 Å². The van der Waals surface area contributed by atoms with Crippen molar-refractivity contribution >= 4 is 0 Å². The fourth-order valence-electron chi connectivity index (χ4n) is 1.36. The molecule has 1 fully saturated rings. The smallest absolute Gasteiger partial charge is 0.124 e. The molecule has 1 aliphatic heterocycles. The van der Waals surface area contributed by atoms with Gasteiger partial charge in [0.15, 0.2) is 0 Å². The van der Waals surface area contributed by atoms with Gasteiger partial charge in [0.05, 0.1) is 13.2 Å². The Kier molecular flexibility index (Phi) is 2.36. The summed E-state index contributed by atoms with van der Waals surface area (Å²) in [4.78, 5) is 0. The molecule has 0 aromatic heterocycles. The second-order valence-corrected chi connectivity index (χ2v) is 3.10. The van der Waals surface area contributed by atoms with E-state index in [-0.39, 0.29) is 11.9 Å². The number of phenols is 1. The van der Waals surface area contributed by atoms with Crippen molar-refractivity contribution < 1.29 is 14.6 Å². The van der Waals surface area contributed by atoms with Gasteiger partial charge in [0.2, 0.25) is 0 Å². The number of aromatic hydroxyl groups is 1. The minimum atomic E-state index is 0.141. The van der Waals surface area contributed by atoms with Crippen molar-refractivity contribution in [2.75, 3.05) is 13.2 Å². The van der Waals surface area contributed by atoms with Gasteiger partial charge >= 0.3 is 0 Å². The van der Waals surface area contributed by atoms with Crippen molar-refractivity contribution in [3.05, 3.63) is 24.3 Å². The average Bonchev–Trinajstić information content (AvgIpc) is 2.57. The van der Waals surface area contributed by atoms with Gasteiger partial charge < -0.3 is 14.6 Å². The molecule has 1 aromatic rings. The Bertz CT molecular complexity index is 279. The molecule has 13 heavy (non-hydrogen) atoms. The van der Waals surface area contributed by atoms with Crippen LogP contribution in [0, 0.1) is 0 Å². The Morgan fingerprint density at radius 1 is 1.46 bits per heavy atom. The standard InChI is InChI=1S/C10H12O3/c11-8-2-1-3-9(6-8)13-10-4-5-12-7-10/h1-3,6,10-11H,4-5,7H2/t10-/m0/s1. The van der Waals surface area contributed by atoms with Crippen LogP contribution in [0.5, 0.6) is 11.5 Å². The minimum absolute atomic E-state index is 0.141. The number of phenolic OH excluding ortho intramolecular Hbond substituents is 1. The molecule has 1 atom stereocenters. The number of benzene rings is 1. The topological polar surface area (TPSA) is 38.7 Å². The highest BCUT2D eigenvalue weighted by atomic mass is 16.5. The summed E-state index contributed by atoms with van der Waals surface area (Å²) in [5.41, 5.74) is 0. The van der Waals surface area contributed by atoms with E-state index in [2.05, 4.69) is 0 Å². The number of hydrogen-bond acceptors (Lipinski definition) is 3. The second-order valence-electron chi connectivity index (χ2n) is 3.10. The molecule has 1 heterocycles. The maximum absolute atomic E-state index is 9.18. The molecule has 3 heteroatoms. The van der Waals surface area contributed by atoms with E-state index in [4.69, 9.17) is 9.47 Å². The summed E-state index contributed by atoms with van der Waals surface area (Å²) >= 11 is 0. The molecule has 0 bridgehead atoms. The molecule has 0 unspecified atom stereocenters. The third-order valence-electron chi connectivity index (χ3n) is 2.01. The van der Waals surface area contributed by atoms with Crippen LogP contribution in [-0.2, 0) is 4.74 Å². The van der Waals surface area contributed by atoms with Crippen LogP contribution >= 0.6 is 0 Å². The summed E-state index contributed by atoms with van der Waals surface area (Å²) in [7, 11) is 0. The van der Waals surface area contributed by atoms with Gasteiger partial charge in [0.1, 0.15) is 17.6 Å². The second kappa shape index (κ2) is 3.66. The van der Waals surface area contributed by atoms with E-state index in [9.17, 15) is 5.11 Å². The van der Waals surface area contributed by atoms with Gasteiger partial charge in [0, 0.05) is 12.5 Å². The Morgan fingerprint density at radius 2 is 2.38 bits per heavy atom. The van der Waals surface area contributed by atoms with Crippen molar-refractivity contribution in [1.29, 1.82) is 0 Å². The zero-order valence-electron chi connectivity index (χ0n) is 7.27. The quantitative estimate of drug-likeness (QED) is 0.750. The van der Waals surface area contributed by atoms with E-state index in [0.29, 0.717) is 12.4 Å². The van der Waals surface area contributed by atoms with Crippen LogP contribution in [0.3, 0.4) is 0 Å². The van der Waals surface area contributed by atoms with Gasteiger partial charge in [-0.25, -0.2) is 0 Å². The molecule has 0 aliphatic carbocycles. The van der Waals surface area contributed by atoms with Crippen molar-refractivity contribution in [1.82, 2.24) is 0 Å². The first-order valence-corrected chi connectivity index (χ1v) is 4.38. The number of rotatable bonds is 2. The van der Waals surface area contributed by atoms with Crippen molar-refractivity contribution in [3.63, 3.8) is 0 Å². The van der Waals surface area contributed by atoms with Gasteiger partial charge in [0.25, 0.3) is 0 Å². The van der Waals surface area contributed by atoms with E-state index in [0.717, 1.165) is 13.0 Å². The third kappa shape index (κ3) is 2.12. The number of ether oxygens (including phenoxy) is 2. The van der Waals surface area contributed by atoms with E-state index in [1.807, 2.05) is 6.07 Å². The molecular weight excluding hydrogens is 168 g/mol. The lowest BCUT2D eigenvalue weighted by Gasteiger charge is -2.11. The summed E-state index contributed by atoms with van der Waals surface area (Å²) in [5.74, 6) is 0.937. The Labute approximate surface area is 76.9 Å². The molecule has 3 nitrogen and oxygen atoms in total. The van der Waals surface area contributed by atoms with Crippen molar-refractivity contribution in [2.24, 2.45) is 0 Å². The lowest BCUT2D eigenvalue weighted by molar-refractivity contribution is 0.141. The Morgan fingerprint density at radius 3 is 3.08 bits per heavy atom. The molecule has 1 aromatic carbocycles. The first-order chi connectivity index (χ1) is 6.34. The van der Waals surface area contributed by atoms with Crippen LogP contribution in [0.15, 0.2) is 24.3 Å². The summed E-state index contributed by atoms with van der Waals surface area (Å²) in [6.45, 7) is 1.42. The normalized spacial score (nSPS) is 21.7. The molecular formula is C10H12O3. The van der Waals surface area contributed by atoms with Crippen LogP contribution in [0.25, 0.3) is 0 Å². The highest BCUT2D eigenvalue weighted by Crippen LogP contribution is 2.20. The summed E-state index contributed by atoms with van der Waals surface area (Å²) in [6, 6.07) is 6.83. The molecule has 0 amide bonds. The molecule has 0 spiro atoms. The maximum atomic E-state index is 9.18. The van der Waals surface area contributed by atoms with E-state index < -0.39 is 0 Å². The Balaban J connectivity index is 2.00. The fourth-order valence-corrected chi connectivity index (χ4v) is 1.36. The minimum Gasteiger partial charge on any atom is -0.508 e. The zero-order chi connectivity index (χ0) is 9.10. The molecule has 1 N–H and O–H groups in total. The summed E-state index contributed by atoms with van der Waals surface area (Å²) < 4.78 is 10.7. The third-order valence-corrected chi connectivity index (χ3v) is 2.01. The lowest BCUT2D eigenvalue weighted by atomic mass is 10.3. The fraction of sp³-hybridized carbons (Fsp3) is 0.400. The predicted octanol–water partition coefficient (Wildman–Crippen LogP) is 1.56. The van der Waals surface area contributed by atoms with Crippen LogP contribution in [0.1, 0.15) is 6.42 Å². The molecule has 0 radical (unpaired) electrons. The average molecular weight is 180 g/mol. The largest absolute Gasteiger partial charge is 0.508 e. The van der Waals surface area contributed by atoms with Gasteiger partial charge in [-0.1, -0.05) is 6.07 Å². The zero-order valence-corrected chi connectivity index (χ0v) is 7.27. The summed E-state index contributed by atoms with van der Waals surface area (Å²) in [6.07, 6.45) is 1.07. The predicted molar refractivity (Wildman–Crippen MR) is 48.0 cm³/mol. The molecule has 2 rings (SSSR count).